The molecule has 1 spiro atoms. The number of hydrogen-bond donors (Lipinski definition) is 0. The Bertz CT molecular complexity index is 1210. The van der Waals surface area contributed by atoms with Gasteiger partial charge in [0.15, 0.2) is 0 Å². The van der Waals surface area contributed by atoms with Crippen LogP contribution >= 0.6 is 0 Å². The lowest BCUT2D eigenvalue weighted by atomic mass is 9.77. The molecule has 158 valence electrons. The van der Waals surface area contributed by atoms with Gasteiger partial charge in [-0.2, -0.15) is 0 Å². The highest BCUT2D eigenvalue weighted by atomic mass is 16.5. The summed E-state index contributed by atoms with van der Waals surface area (Å²) in [6.07, 6.45) is 5.92. The van der Waals surface area contributed by atoms with Crippen LogP contribution in [0.4, 0.5) is 17.1 Å². The van der Waals surface area contributed by atoms with Crippen LogP contribution in [-0.4, -0.2) is 32.1 Å². The lowest BCUT2D eigenvalue weighted by Crippen LogP contribution is -2.61. The van der Waals surface area contributed by atoms with Crippen LogP contribution in [-0.2, 0) is 5.41 Å². The summed E-state index contributed by atoms with van der Waals surface area (Å²) >= 11 is 0. The minimum atomic E-state index is -0.637. The average Bonchev–Trinajstić information content (AvgIpc) is 2.97. The molecular formula is C27H29N3O. The van der Waals surface area contributed by atoms with Crippen LogP contribution in [0.25, 0.3) is 10.8 Å². The van der Waals surface area contributed by atoms with E-state index in [1.165, 1.54) is 47.0 Å². The summed E-state index contributed by atoms with van der Waals surface area (Å²) in [5, 5.41) is 2.38. The number of anilines is 2. The van der Waals surface area contributed by atoms with Gasteiger partial charge in [-0.1, -0.05) is 30.3 Å². The third-order valence-electron chi connectivity index (χ3n) is 7.63. The lowest BCUT2D eigenvalue weighted by molar-refractivity contribution is 0.0826. The molecule has 0 N–H and O–H groups in total. The van der Waals surface area contributed by atoms with E-state index >= 15 is 0 Å². The molecule has 0 radical (unpaired) electrons. The smallest absolute Gasteiger partial charge is 0.228 e. The second-order valence-electron chi connectivity index (χ2n) is 9.62. The number of benzene rings is 3. The predicted octanol–water partition coefficient (Wildman–Crippen LogP) is 6.05. The van der Waals surface area contributed by atoms with E-state index in [4.69, 9.17) is 9.73 Å². The van der Waals surface area contributed by atoms with Crippen molar-refractivity contribution >= 4 is 34.0 Å². The fraction of sp³-hybridized carbons (Fsp3) is 0.370. The van der Waals surface area contributed by atoms with Crippen LogP contribution in [0.5, 0.6) is 5.75 Å². The summed E-state index contributed by atoms with van der Waals surface area (Å²) in [5.41, 5.74) is 3.87. The van der Waals surface area contributed by atoms with Gasteiger partial charge in [-0.25, -0.2) is 0 Å². The normalized spacial score (nSPS) is 23.7. The average molecular weight is 412 g/mol. The second kappa shape index (κ2) is 6.49. The Kier molecular flexibility index (Phi) is 3.92. The first kappa shape index (κ1) is 18.7. The van der Waals surface area contributed by atoms with E-state index in [-0.39, 0.29) is 5.41 Å². The highest BCUT2D eigenvalue weighted by Gasteiger charge is 2.58. The summed E-state index contributed by atoms with van der Waals surface area (Å²) in [4.78, 5) is 9.80. The van der Waals surface area contributed by atoms with E-state index in [0.29, 0.717) is 0 Å². The lowest BCUT2D eigenvalue weighted by Gasteiger charge is -2.45. The molecule has 4 heteroatoms. The first-order valence-electron chi connectivity index (χ1n) is 11.4. The number of para-hydroxylation sites is 1. The predicted molar refractivity (Wildman–Crippen MR) is 129 cm³/mol. The Morgan fingerprint density at radius 1 is 0.935 bits per heavy atom. The van der Waals surface area contributed by atoms with Gasteiger partial charge in [0, 0.05) is 36.9 Å². The van der Waals surface area contributed by atoms with Crippen molar-refractivity contribution in [2.45, 2.75) is 44.2 Å². The molecule has 1 fully saturated rings. The van der Waals surface area contributed by atoms with Crippen molar-refractivity contribution in [1.82, 2.24) is 0 Å². The van der Waals surface area contributed by atoms with Crippen LogP contribution in [0.2, 0.25) is 0 Å². The number of nitrogens with zero attached hydrogens (tertiary/aromatic N) is 3. The van der Waals surface area contributed by atoms with Gasteiger partial charge in [0.2, 0.25) is 5.72 Å². The molecule has 3 heterocycles. The largest absolute Gasteiger partial charge is 0.459 e. The van der Waals surface area contributed by atoms with E-state index in [9.17, 15) is 0 Å². The molecule has 4 nitrogen and oxygen atoms in total. The molecule has 0 saturated carbocycles. The Labute approximate surface area is 184 Å². The first-order valence-corrected chi connectivity index (χ1v) is 11.4. The fourth-order valence-electron chi connectivity index (χ4n) is 5.71. The number of rotatable bonds is 1. The van der Waals surface area contributed by atoms with Crippen LogP contribution in [0.3, 0.4) is 0 Å². The van der Waals surface area contributed by atoms with Crippen molar-refractivity contribution < 1.29 is 4.74 Å². The van der Waals surface area contributed by atoms with Crippen LogP contribution in [0, 0.1) is 0 Å². The first-order chi connectivity index (χ1) is 15.0. The summed E-state index contributed by atoms with van der Waals surface area (Å²) in [7, 11) is 2.11. The number of aliphatic imine (C=N–C) groups is 1. The third kappa shape index (κ3) is 2.51. The zero-order chi connectivity index (χ0) is 21.2. The Hall–Kier alpha value is -3.01. The van der Waals surface area contributed by atoms with Crippen molar-refractivity contribution in [2.75, 3.05) is 29.9 Å². The monoisotopic (exact) mass is 411 g/mol. The molecule has 1 unspecified atom stereocenters. The van der Waals surface area contributed by atoms with E-state index in [1.54, 1.807) is 0 Å². The molecule has 6 rings (SSSR count). The zero-order valence-corrected chi connectivity index (χ0v) is 18.6. The van der Waals surface area contributed by atoms with E-state index in [1.807, 2.05) is 6.21 Å². The molecule has 1 saturated heterocycles. The summed E-state index contributed by atoms with van der Waals surface area (Å²) in [6.45, 7) is 6.78. The van der Waals surface area contributed by atoms with Gasteiger partial charge < -0.3 is 14.5 Å². The highest BCUT2D eigenvalue weighted by Crippen LogP contribution is 2.54. The summed E-state index contributed by atoms with van der Waals surface area (Å²) in [5.74, 6) is 0.860. The molecule has 31 heavy (non-hydrogen) atoms. The summed E-state index contributed by atoms with van der Waals surface area (Å²) in [6, 6.07) is 19.6. The molecule has 3 aliphatic rings. The van der Waals surface area contributed by atoms with Gasteiger partial charge in [-0.05, 0) is 68.3 Å². The quantitative estimate of drug-likeness (QED) is 0.488. The number of likely N-dealkylation sites (N-methyl/N-ethyl adjacent to an activating group) is 1. The number of piperidine rings is 1. The Balaban J connectivity index is 1.46. The SMILES string of the molecule is CN1c2ccccc2C(C)(C)C12C=Nc1c(ccc3ccc(N4CCCCC4)cc13)O2. The van der Waals surface area contributed by atoms with Gasteiger partial charge in [0.25, 0.3) is 0 Å². The fourth-order valence-corrected chi connectivity index (χ4v) is 5.71. The van der Waals surface area contributed by atoms with Crippen LogP contribution in [0.15, 0.2) is 59.6 Å². The highest BCUT2D eigenvalue weighted by molar-refractivity contribution is 6.01. The van der Waals surface area contributed by atoms with Gasteiger partial charge in [0.1, 0.15) is 11.4 Å². The maximum Gasteiger partial charge on any atom is 0.228 e. The minimum absolute atomic E-state index is 0.232. The van der Waals surface area contributed by atoms with Crippen molar-refractivity contribution in [1.29, 1.82) is 0 Å². The summed E-state index contributed by atoms with van der Waals surface area (Å²) < 4.78 is 6.85. The molecule has 3 aliphatic heterocycles. The van der Waals surface area contributed by atoms with Crippen LogP contribution < -0.4 is 14.5 Å². The number of hydrogen-bond acceptors (Lipinski definition) is 4. The van der Waals surface area contributed by atoms with Crippen LogP contribution in [0.1, 0.15) is 38.7 Å². The third-order valence-corrected chi connectivity index (χ3v) is 7.63. The minimum Gasteiger partial charge on any atom is -0.459 e. The molecule has 0 bridgehead atoms. The molecule has 1 atom stereocenters. The van der Waals surface area contributed by atoms with Gasteiger partial charge in [-0.3, -0.25) is 4.99 Å². The Morgan fingerprint density at radius 3 is 2.52 bits per heavy atom. The van der Waals surface area contributed by atoms with Crippen molar-refractivity contribution in [3.05, 3.63) is 60.2 Å². The van der Waals surface area contributed by atoms with Gasteiger partial charge >= 0.3 is 0 Å². The molecule has 0 aromatic heterocycles. The maximum atomic E-state index is 6.85. The topological polar surface area (TPSA) is 28.1 Å². The van der Waals surface area contributed by atoms with E-state index < -0.39 is 5.72 Å². The van der Waals surface area contributed by atoms with Crippen molar-refractivity contribution in [3.63, 3.8) is 0 Å². The molecule has 3 aromatic rings. The molecular weight excluding hydrogens is 382 g/mol. The molecule has 3 aromatic carbocycles. The number of fused-ring (bicyclic) bond motifs is 4. The van der Waals surface area contributed by atoms with E-state index in [0.717, 1.165) is 24.5 Å². The maximum absolute atomic E-state index is 6.85. The standard InChI is InChI=1S/C27H29N3O/c1-26(2)22-9-5-6-10-23(22)29(3)27(26)18-28-25-21-17-20(30-15-7-4-8-16-30)13-11-19(21)12-14-24(25)31-27/h5-6,9-14,17-18H,4,7-8,15-16H2,1-3H3. The number of ether oxygens (including phenoxy) is 1. The van der Waals surface area contributed by atoms with Gasteiger partial charge in [-0.15, -0.1) is 0 Å². The van der Waals surface area contributed by atoms with Crippen molar-refractivity contribution in [2.24, 2.45) is 4.99 Å². The van der Waals surface area contributed by atoms with Gasteiger partial charge in [0.05, 0.1) is 11.6 Å². The molecule has 0 amide bonds. The zero-order valence-electron chi connectivity index (χ0n) is 18.6. The Morgan fingerprint density at radius 2 is 1.71 bits per heavy atom. The van der Waals surface area contributed by atoms with E-state index in [2.05, 4.69) is 85.3 Å². The van der Waals surface area contributed by atoms with Crippen molar-refractivity contribution in [3.8, 4) is 5.75 Å². The molecule has 0 aliphatic carbocycles. The second-order valence-corrected chi connectivity index (χ2v) is 9.62.